The number of hydrogen-bond acceptors (Lipinski definition) is 7. The van der Waals surface area contributed by atoms with Crippen molar-refractivity contribution in [1.82, 2.24) is 0 Å². The molecule has 90 valence electrons. The Hall–Kier alpha value is -0.730. The molecule has 0 fully saturated rings. The number of rotatable bonds is 6. The standard InChI is InChI=1S/C8H16O7/c1-4(10)15-3-6(12)8(14)7(13)5(11)2-9/h5-9,11-14H,2-3H2,1H3/t5-,6-,7-,8-/m1/s1. The number of aliphatic hydroxyl groups excluding tert-OH is 5. The summed E-state index contributed by atoms with van der Waals surface area (Å²) in [5.41, 5.74) is 0. The molecule has 5 N–H and O–H groups in total. The third kappa shape index (κ3) is 5.05. The summed E-state index contributed by atoms with van der Waals surface area (Å²) in [7, 11) is 0. The van der Waals surface area contributed by atoms with E-state index in [0.29, 0.717) is 0 Å². The van der Waals surface area contributed by atoms with Gasteiger partial charge < -0.3 is 30.3 Å². The van der Waals surface area contributed by atoms with Crippen molar-refractivity contribution in [2.45, 2.75) is 31.3 Å². The topological polar surface area (TPSA) is 127 Å². The first-order chi connectivity index (χ1) is 6.90. The van der Waals surface area contributed by atoms with E-state index in [-0.39, 0.29) is 0 Å². The van der Waals surface area contributed by atoms with Crippen LogP contribution in [0.1, 0.15) is 6.92 Å². The maximum Gasteiger partial charge on any atom is 0.302 e. The minimum absolute atomic E-state index is 0.494. The van der Waals surface area contributed by atoms with E-state index in [1.54, 1.807) is 0 Å². The van der Waals surface area contributed by atoms with E-state index in [1.165, 1.54) is 0 Å². The molecule has 0 unspecified atom stereocenters. The number of carbonyl (C=O) groups is 1. The molecule has 0 aliphatic heterocycles. The molecule has 0 radical (unpaired) electrons. The molecule has 0 aromatic carbocycles. The Morgan fingerprint density at radius 2 is 1.60 bits per heavy atom. The highest BCUT2D eigenvalue weighted by atomic mass is 16.5. The van der Waals surface area contributed by atoms with Crippen LogP contribution in [0.3, 0.4) is 0 Å². The molecule has 7 nitrogen and oxygen atoms in total. The lowest BCUT2D eigenvalue weighted by atomic mass is 10.0. The first kappa shape index (κ1) is 14.3. The fraction of sp³-hybridized carbons (Fsp3) is 0.875. The smallest absolute Gasteiger partial charge is 0.302 e. The van der Waals surface area contributed by atoms with Gasteiger partial charge in [-0.15, -0.1) is 0 Å². The molecule has 15 heavy (non-hydrogen) atoms. The number of aliphatic hydroxyl groups is 5. The molecule has 0 heterocycles. The molecule has 7 heteroatoms. The summed E-state index contributed by atoms with van der Waals surface area (Å²) in [6.07, 6.45) is -6.50. The molecule has 0 aliphatic rings. The highest BCUT2D eigenvalue weighted by Crippen LogP contribution is 2.05. The minimum Gasteiger partial charge on any atom is -0.463 e. The molecular formula is C8H16O7. The summed E-state index contributed by atoms with van der Waals surface area (Å²) in [5.74, 6) is -0.640. The molecular weight excluding hydrogens is 208 g/mol. The molecule has 0 rings (SSSR count). The number of hydrogen-bond donors (Lipinski definition) is 5. The van der Waals surface area contributed by atoms with Crippen LogP contribution >= 0.6 is 0 Å². The van der Waals surface area contributed by atoms with Gasteiger partial charge in [0.05, 0.1) is 6.61 Å². The molecule has 0 saturated heterocycles. The zero-order valence-electron chi connectivity index (χ0n) is 8.28. The van der Waals surface area contributed by atoms with Gasteiger partial charge in [-0.25, -0.2) is 0 Å². The number of carbonyl (C=O) groups excluding carboxylic acids is 1. The number of esters is 1. The second-order valence-electron chi connectivity index (χ2n) is 3.10. The monoisotopic (exact) mass is 224 g/mol. The van der Waals surface area contributed by atoms with Crippen molar-refractivity contribution < 1.29 is 35.1 Å². The minimum atomic E-state index is -1.71. The summed E-state index contributed by atoms with van der Waals surface area (Å²) in [6.45, 7) is -0.123. The van der Waals surface area contributed by atoms with E-state index < -0.39 is 43.6 Å². The van der Waals surface area contributed by atoms with Crippen LogP contribution < -0.4 is 0 Å². The lowest BCUT2D eigenvalue weighted by Crippen LogP contribution is -2.47. The molecule has 0 saturated carbocycles. The third-order valence-corrected chi connectivity index (χ3v) is 1.78. The summed E-state index contributed by atoms with van der Waals surface area (Å²) >= 11 is 0. The average Bonchev–Trinajstić information content (AvgIpc) is 2.22. The summed E-state index contributed by atoms with van der Waals surface area (Å²) in [5, 5.41) is 45.0. The summed E-state index contributed by atoms with van der Waals surface area (Å²) in [6, 6.07) is 0. The second kappa shape index (κ2) is 6.70. The highest BCUT2D eigenvalue weighted by molar-refractivity contribution is 5.65. The quantitative estimate of drug-likeness (QED) is 0.304. The lowest BCUT2D eigenvalue weighted by Gasteiger charge is -2.25. The van der Waals surface area contributed by atoms with Gasteiger partial charge in [-0.05, 0) is 0 Å². The Balaban J connectivity index is 4.06. The van der Waals surface area contributed by atoms with Crippen LogP contribution in [-0.4, -0.2) is 69.1 Å². The van der Waals surface area contributed by atoms with Crippen LogP contribution in [0, 0.1) is 0 Å². The van der Waals surface area contributed by atoms with Crippen LogP contribution in [0.25, 0.3) is 0 Å². The molecule has 0 aromatic heterocycles. The second-order valence-corrected chi connectivity index (χ2v) is 3.10. The van der Waals surface area contributed by atoms with E-state index in [0.717, 1.165) is 6.92 Å². The Morgan fingerprint density at radius 1 is 1.13 bits per heavy atom. The van der Waals surface area contributed by atoms with Gasteiger partial charge in [0.25, 0.3) is 0 Å². The van der Waals surface area contributed by atoms with E-state index >= 15 is 0 Å². The predicted octanol–water partition coefficient (Wildman–Crippen LogP) is -3.01. The fourth-order valence-electron chi connectivity index (χ4n) is 0.865. The van der Waals surface area contributed by atoms with Crippen LogP contribution in [-0.2, 0) is 9.53 Å². The Kier molecular flexibility index (Phi) is 6.37. The van der Waals surface area contributed by atoms with Crippen molar-refractivity contribution >= 4 is 5.97 Å². The van der Waals surface area contributed by atoms with Gasteiger partial charge >= 0.3 is 5.97 Å². The maximum atomic E-state index is 10.4. The van der Waals surface area contributed by atoms with Gasteiger partial charge in [0, 0.05) is 6.92 Å². The van der Waals surface area contributed by atoms with E-state index in [9.17, 15) is 15.0 Å². The molecule has 0 aromatic rings. The zero-order chi connectivity index (χ0) is 12.0. The van der Waals surface area contributed by atoms with Gasteiger partial charge in [0.1, 0.15) is 31.0 Å². The summed E-state index contributed by atoms with van der Waals surface area (Å²) in [4.78, 5) is 10.4. The van der Waals surface area contributed by atoms with E-state index in [4.69, 9.17) is 15.3 Å². The van der Waals surface area contributed by atoms with Crippen LogP contribution in [0.15, 0.2) is 0 Å². The van der Waals surface area contributed by atoms with Gasteiger partial charge in [0.2, 0.25) is 0 Å². The SMILES string of the molecule is CC(=O)OC[C@@H](O)[C@@H](O)[C@H](O)[C@H](O)CO. The fourth-order valence-corrected chi connectivity index (χ4v) is 0.865. The molecule has 0 spiro atoms. The van der Waals surface area contributed by atoms with Gasteiger partial charge in [-0.1, -0.05) is 0 Å². The van der Waals surface area contributed by atoms with Crippen LogP contribution in [0.5, 0.6) is 0 Å². The molecule has 0 aliphatic carbocycles. The van der Waals surface area contributed by atoms with Gasteiger partial charge in [-0.3, -0.25) is 4.79 Å². The van der Waals surface area contributed by atoms with Gasteiger partial charge in [-0.2, -0.15) is 0 Å². The van der Waals surface area contributed by atoms with Crippen molar-refractivity contribution in [1.29, 1.82) is 0 Å². The first-order valence-electron chi connectivity index (χ1n) is 4.36. The Morgan fingerprint density at radius 3 is 2.00 bits per heavy atom. The maximum absolute atomic E-state index is 10.4. The lowest BCUT2D eigenvalue weighted by molar-refractivity contribution is -0.154. The molecule has 4 atom stereocenters. The van der Waals surface area contributed by atoms with Crippen molar-refractivity contribution in [2.24, 2.45) is 0 Å². The van der Waals surface area contributed by atoms with E-state index in [2.05, 4.69) is 4.74 Å². The van der Waals surface area contributed by atoms with Crippen molar-refractivity contribution in [3.8, 4) is 0 Å². The molecule has 0 amide bonds. The van der Waals surface area contributed by atoms with Crippen molar-refractivity contribution in [3.05, 3.63) is 0 Å². The summed E-state index contributed by atoms with van der Waals surface area (Å²) < 4.78 is 4.38. The Labute approximate surface area is 86.5 Å². The first-order valence-corrected chi connectivity index (χ1v) is 4.36. The predicted molar refractivity (Wildman–Crippen MR) is 47.7 cm³/mol. The Bertz CT molecular complexity index is 195. The van der Waals surface area contributed by atoms with Gasteiger partial charge in [0.15, 0.2) is 0 Å². The highest BCUT2D eigenvalue weighted by Gasteiger charge is 2.30. The van der Waals surface area contributed by atoms with Crippen molar-refractivity contribution in [2.75, 3.05) is 13.2 Å². The largest absolute Gasteiger partial charge is 0.463 e. The molecule has 0 bridgehead atoms. The third-order valence-electron chi connectivity index (χ3n) is 1.78. The normalized spacial score (nSPS) is 19.1. The zero-order valence-corrected chi connectivity index (χ0v) is 8.28. The van der Waals surface area contributed by atoms with E-state index in [1.807, 2.05) is 0 Å². The number of ether oxygens (including phenoxy) is 1. The average molecular weight is 224 g/mol. The van der Waals surface area contributed by atoms with Crippen molar-refractivity contribution in [3.63, 3.8) is 0 Å². The van der Waals surface area contributed by atoms with Crippen LogP contribution in [0.4, 0.5) is 0 Å². The van der Waals surface area contributed by atoms with Crippen LogP contribution in [0.2, 0.25) is 0 Å².